The van der Waals surface area contributed by atoms with Crippen LogP contribution < -0.4 is 5.32 Å². The van der Waals surface area contributed by atoms with Crippen molar-refractivity contribution in [3.63, 3.8) is 0 Å². The summed E-state index contributed by atoms with van der Waals surface area (Å²) in [5.41, 5.74) is 0.883. The Hall–Kier alpha value is -0.830. The van der Waals surface area contributed by atoms with Gasteiger partial charge in [0.2, 0.25) is 0 Å². The van der Waals surface area contributed by atoms with E-state index in [-0.39, 0.29) is 0 Å². The Morgan fingerprint density at radius 3 is 2.73 bits per heavy atom. The van der Waals surface area contributed by atoms with Crippen molar-refractivity contribution in [2.24, 2.45) is 5.92 Å². The number of hydrogen-bond acceptors (Lipinski definition) is 2. The number of aliphatic carboxylic acids is 1. The van der Waals surface area contributed by atoms with Crippen LogP contribution in [0.4, 0.5) is 0 Å². The van der Waals surface area contributed by atoms with Gasteiger partial charge in [-0.15, -0.1) is 0 Å². The summed E-state index contributed by atoms with van der Waals surface area (Å²) in [6.07, 6.45) is 8.05. The second kappa shape index (κ2) is 6.62. The van der Waals surface area contributed by atoms with Gasteiger partial charge < -0.3 is 10.4 Å². The minimum absolute atomic E-state index is 0.693. The third-order valence-corrected chi connectivity index (χ3v) is 2.98. The van der Waals surface area contributed by atoms with Crippen LogP contribution in [0.5, 0.6) is 0 Å². The fourth-order valence-electron chi connectivity index (χ4n) is 2.15. The highest BCUT2D eigenvalue weighted by molar-refractivity contribution is 5.80. The van der Waals surface area contributed by atoms with Gasteiger partial charge in [-0.05, 0) is 25.8 Å². The van der Waals surface area contributed by atoms with Crippen LogP contribution in [0, 0.1) is 5.92 Å². The summed E-state index contributed by atoms with van der Waals surface area (Å²) in [6.45, 7) is 3.55. The number of carboxylic acids is 1. The van der Waals surface area contributed by atoms with Gasteiger partial charge in [-0.2, -0.15) is 0 Å². The summed E-state index contributed by atoms with van der Waals surface area (Å²) >= 11 is 0. The molecular formula is C12H21NO2. The van der Waals surface area contributed by atoms with Gasteiger partial charge in [-0.3, -0.25) is 0 Å². The largest absolute Gasteiger partial charge is 0.478 e. The molecule has 0 aromatic rings. The van der Waals surface area contributed by atoms with Crippen molar-refractivity contribution >= 4 is 5.97 Å². The summed E-state index contributed by atoms with van der Waals surface area (Å²) in [5.74, 6) is 0.0475. The molecule has 0 heterocycles. The van der Waals surface area contributed by atoms with Crippen LogP contribution >= 0.6 is 0 Å². The summed E-state index contributed by atoms with van der Waals surface area (Å²) in [4.78, 5) is 10.3. The van der Waals surface area contributed by atoms with E-state index < -0.39 is 5.97 Å². The molecule has 15 heavy (non-hydrogen) atoms. The lowest BCUT2D eigenvalue weighted by molar-refractivity contribution is -0.131. The Balaban J connectivity index is 2.03. The van der Waals surface area contributed by atoms with Crippen molar-refractivity contribution in [2.75, 3.05) is 13.1 Å². The summed E-state index contributed by atoms with van der Waals surface area (Å²) in [7, 11) is 0. The summed E-state index contributed by atoms with van der Waals surface area (Å²) in [5, 5.41) is 11.8. The van der Waals surface area contributed by atoms with E-state index in [1.807, 2.05) is 6.92 Å². The molecule has 0 bridgehead atoms. The lowest BCUT2D eigenvalue weighted by Crippen LogP contribution is -2.19. The Morgan fingerprint density at radius 2 is 2.13 bits per heavy atom. The van der Waals surface area contributed by atoms with Crippen LogP contribution in [-0.2, 0) is 4.79 Å². The SMILES string of the molecule is CC(=CC(=O)O)CNCCC1CCCC1. The molecule has 0 aromatic carbocycles. The van der Waals surface area contributed by atoms with E-state index >= 15 is 0 Å². The second-order valence-electron chi connectivity index (χ2n) is 4.44. The first-order valence-corrected chi connectivity index (χ1v) is 5.79. The maximum atomic E-state index is 10.3. The van der Waals surface area contributed by atoms with Gasteiger partial charge in [-0.25, -0.2) is 4.79 Å². The van der Waals surface area contributed by atoms with E-state index in [0.29, 0.717) is 6.54 Å². The van der Waals surface area contributed by atoms with Crippen molar-refractivity contribution in [3.05, 3.63) is 11.6 Å². The molecule has 3 nitrogen and oxygen atoms in total. The molecule has 0 spiro atoms. The lowest BCUT2D eigenvalue weighted by Gasteiger charge is -2.09. The monoisotopic (exact) mass is 211 g/mol. The molecule has 1 aliphatic carbocycles. The minimum Gasteiger partial charge on any atom is -0.478 e. The maximum absolute atomic E-state index is 10.3. The van der Waals surface area contributed by atoms with Crippen molar-refractivity contribution in [3.8, 4) is 0 Å². The molecule has 0 aliphatic heterocycles. The number of carbonyl (C=O) groups is 1. The van der Waals surface area contributed by atoms with Gasteiger partial charge in [0.05, 0.1) is 0 Å². The van der Waals surface area contributed by atoms with Crippen molar-refractivity contribution in [1.82, 2.24) is 5.32 Å². The number of carboxylic acid groups (broad SMARTS) is 1. The third kappa shape index (κ3) is 5.57. The predicted molar refractivity (Wildman–Crippen MR) is 60.8 cm³/mol. The molecule has 0 radical (unpaired) electrons. The van der Waals surface area contributed by atoms with Crippen LogP contribution in [0.1, 0.15) is 39.0 Å². The number of hydrogen-bond donors (Lipinski definition) is 2. The molecule has 1 fully saturated rings. The molecular weight excluding hydrogens is 190 g/mol. The Kier molecular flexibility index (Phi) is 5.40. The van der Waals surface area contributed by atoms with E-state index in [1.165, 1.54) is 38.2 Å². The summed E-state index contributed by atoms with van der Waals surface area (Å²) in [6, 6.07) is 0. The van der Waals surface area contributed by atoms with Gasteiger partial charge in [0.15, 0.2) is 0 Å². The smallest absolute Gasteiger partial charge is 0.328 e. The molecule has 0 aromatic heterocycles. The topological polar surface area (TPSA) is 49.3 Å². The highest BCUT2D eigenvalue weighted by Gasteiger charge is 2.13. The number of rotatable bonds is 6. The maximum Gasteiger partial charge on any atom is 0.328 e. The van der Waals surface area contributed by atoms with Crippen LogP contribution in [0.3, 0.4) is 0 Å². The van der Waals surface area contributed by atoms with Crippen molar-refractivity contribution in [2.45, 2.75) is 39.0 Å². The highest BCUT2D eigenvalue weighted by atomic mass is 16.4. The molecule has 2 N–H and O–H groups in total. The van der Waals surface area contributed by atoms with E-state index in [0.717, 1.165) is 18.0 Å². The van der Waals surface area contributed by atoms with E-state index in [1.54, 1.807) is 0 Å². The average molecular weight is 211 g/mol. The van der Waals surface area contributed by atoms with Crippen LogP contribution in [0.2, 0.25) is 0 Å². The van der Waals surface area contributed by atoms with Crippen LogP contribution in [0.25, 0.3) is 0 Å². The second-order valence-corrected chi connectivity index (χ2v) is 4.44. The Morgan fingerprint density at radius 1 is 1.47 bits per heavy atom. The first-order chi connectivity index (χ1) is 7.18. The van der Waals surface area contributed by atoms with E-state index in [4.69, 9.17) is 5.11 Å². The fraction of sp³-hybridized carbons (Fsp3) is 0.750. The van der Waals surface area contributed by atoms with Crippen molar-refractivity contribution < 1.29 is 9.90 Å². The van der Waals surface area contributed by atoms with E-state index in [2.05, 4.69) is 5.32 Å². The zero-order valence-corrected chi connectivity index (χ0v) is 9.46. The predicted octanol–water partition coefficient (Wildman–Crippen LogP) is 2.19. The average Bonchev–Trinajstić information content (AvgIpc) is 2.63. The molecule has 86 valence electrons. The molecule has 1 rings (SSSR count). The van der Waals surface area contributed by atoms with Crippen molar-refractivity contribution in [1.29, 1.82) is 0 Å². The van der Waals surface area contributed by atoms with Crippen LogP contribution in [-0.4, -0.2) is 24.2 Å². The zero-order valence-electron chi connectivity index (χ0n) is 9.46. The highest BCUT2D eigenvalue weighted by Crippen LogP contribution is 2.26. The standard InChI is InChI=1S/C12H21NO2/c1-10(8-12(14)15)9-13-7-6-11-4-2-3-5-11/h8,11,13H,2-7,9H2,1H3,(H,14,15). The molecule has 3 heteroatoms. The Labute approximate surface area is 91.6 Å². The molecule has 0 saturated heterocycles. The van der Waals surface area contributed by atoms with E-state index in [9.17, 15) is 4.79 Å². The Bertz CT molecular complexity index is 230. The van der Waals surface area contributed by atoms with Gasteiger partial charge >= 0.3 is 5.97 Å². The summed E-state index contributed by atoms with van der Waals surface area (Å²) < 4.78 is 0. The zero-order chi connectivity index (χ0) is 11.1. The molecule has 1 saturated carbocycles. The molecule has 1 aliphatic rings. The van der Waals surface area contributed by atoms with Gasteiger partial charge in [0, 0.05) is 12.6 Å². The quantitative estimate of drug-likeness (QED) is 0.523. The first kappa shape index (κ1) is 12.2. The molecule has 0 unspecified atom stereocenters. The molecule has 0 amide bonds. The minimum atomic E-state index is -0.856. The number of nitrogens with one attached hydrogen (secondary N) is 1. The molecule has 0 atom stereocenters. The van der Waals surface area contributed by atoms with Gasteiger partial charge in [0.25, 0.3) is 0 Å². The first-order valence-electron chi connectivity index (χ1n) is 5.79. The van der Waals surface area contributed by atoms with Gasteiger partial charge in [-0.1, -0.05) is 31.3 Å². The third-order valence-electron chi connectivity index (χ3n) is 2.98. The van der Waals surface area contributed by atoms with Gasteiger partial charge in [0.1, 0.15) is 0 Å². The van der Waals surface area contributed by atoms with Crippen LogP contribution in [0.15, 0.2) is 11.6 Å². The normalized spacial score (nSPS) is 18.3. The fourth-order valence-corrected chi connectivity index (χ4v) is 2.15. The lowest BCUT2D eigenvalue weighted by atomic mass is 10.0.